The second kappa shape index (κ2) is 5.93. The summed E-state index contributed by atoms with van der Waals surface area (Å²) in [5.74, 6) is -0.620. The van der Waals surface area contributed by atoms with Crippen LogP contribution in [0.2, 0.25) is 0 Å². The van der Waals surface area contributed by atoms with E-state index in [1.54, 1.807) is 13.8 Å². The molecular formula is C7H14O5. The highest BCUT2D eigenvalue weighted by atomic mass is 17.2. The first-order valence-corrected chi connectivity index (χ1v) is 3.54. The zero-order chi connectivity index (χ0) is 9.56. The van der Waals surface area contributed by atoms with Gasteiger partial charge in [-0.25, -0.2) is 9.68 Å². The first-order valence-electron chi connectivity index (χ1n) is 3.54. The minimum atomic E-state index is -1.11. The molecule has 0 aromatic heterocycles. The Labute approximate surface area is 71.5 Å². The van der Waals surface area contributed by atoms with Gasteiger partial charge in [-0.15, -0.1) is 0 Å². The van der Waals surface area contributed by atoms with Gasteiger partial charge in [0.05, 0.1) is 20.3 Å². The maximum absolute atomic E-state index is 10.9. The Morgan fingerprint density at radius 1 is 1.25 bits per heavy atom. The van der Waals surface area contributed by atoms with Crippen LogP contribution in [-0.2, 0) is 24.0 Å². The fourth-order valence-electron chi connectivity index (χ4n) is 0.548. The van der Waals surface area contributed by atoms with E-state index in [9.17, 15) is 4.79 Å². The Hall–Kier alpha value is -0.650. The first kappa shape index (κ1) is 11.4. The summed E-state index contributed by atoms with van der Waals surface area (Å²) in [6.45, 7) is 3.55. The van der Waals surface area contributed by atoms with Crippen molar-refractivity contribution in [2.75, 3.05) is 14.2 Å². The topological polar surface area (TPSA) is 54.0 Å². The Kier molecular flexibility index (Phi) is 5.61. The lowest BCUT2D eigenvalue weighted by Crippen LogP contribution is -2.30. The minimum Gasteiger partial charge on any atom is -0.465 e. The molecular weight excluding hydrogens is 164 g/mol. The summed E-state index contributed by atoms with van der Waals surface area (Å²) in [7, 11) is 2.54. The van der Waals surface area contributed by atoms with E-state index in [1.807, 2.05) is 0 Å². The van der Waals surface area contributed by atoms with E-state index >= 15 is 0 Å². The molecule has 0 aliphatic rings. The molecule has 0 saturated heterocycles. The van der Waals surface area contributed by atoms with Gasteiger partial charge in [0.25, 0.3) is 6.29 Å². The van der Waals surface area contributed by atoms with Crippen LogP contribution in [0.4, 0.5) is 0 Å². The lowest BCUT2D eigenvalue weighted by molar-refractivity contribution is -0.360. The molecule has 0 N–H and O–H groups in total. The molecule has 0 spiro atoms. The van der Waals surface area contributed by atoms with Crippen molar-refractivity contribution in [2.24, 2.45) is 0 Å². The van der Waals surface area contributed by atoms with E-state index in [-0.39, 0.29) is 6.10 Å². The number of methoxy groups -OCH3 is 1. The number of ether oxygens (including phenoxy) is 2. The number of hydrogen-bond acceptors (Lipinski definition) is 5. The maximum Gasteiger partial charge on any atom is 0.366 e. The van der Waals surface area contributed by atoms with Crippen molar-refractivity contribution in [1.29, 1.82) is 0 Å². The molecule has 0 aliphatic carbocycles. The maximum atomic E-state index is 10.9. The van der Waals surface area contributed by atoms with Crippen LogP contribution in [0, 0.1) is 0 Å². The van der Waals surface area contributed by atoms with E-state index in [0.29, 0.717) is 0 Å². The van der Waals surface area contributed by atoms with Crippen LogP contribution in [0.1, 0.15) is 13.8 Å². The van der Waals surface area contributed by atoms with Gasteiger partial charge >= 0.3 is 5.97 Å². The van der Waals surface area contributed by atoms with Crippen molar-refractivity contribution in [2.45, 2.75) is 26.2 Å². The molecule has 1 unspecified atom stereocenters. The largest absolute Gasteiger partial charge is 0.465 e. The summed E-state index contributed by atoms with van der Waals surface area (Å²) >= 11 is 0. The molecule has 0 rings (SSSR count). The lowest BCUT2D eigenvalue weighted by atomic mass is 10.5. The fourth-order valence-corrected chi connectivity index (χ4v) is 0.548. The van der Waals surface area contributed by atoms with Crippen LogP contribution in [0.15, 0.2) is 0 Å². The molecule has 0 saturated carbocycles. The SMILES string of the molecule is COOC(OC(C)C)C(=O)OC. The van der Waals surface area contributed by atoms with E-state index in [1.165, 1.54) is 14.2 Å². The van der Waals surface area contributed by atoms with Crippen molar-refractivity contribution in [3.8, 4) is 0 Å². The zero-order valence-electron chi connectivity index (χ0n) is 7.70. The summed E-state index contributed by atoms with van der Waals surface area (Å²) in [6, 6.07) is 0. The van der Waals surface area contributed by atoms with Crippen molar-refractivity contribution < 1.29 is 24.0 Å². The van der Waals surface area contributed by atoms with Crippen LogP contribution < -0.4 is 0 Å². The Bertz CT molecular complexity index is 134. The lowest BCUT2D eigenvalue weighted by Gasteiger charge is -2.15. The molecule has 0 heterocycles. The fraction of sp³-hybridized carbons (Fsp3) is 0.857. The number of rotatable bonds is 5. The summed E-state index contributed by atoms with van der Waals surface area (Å²) in [5.41, 5.74) is 0. The summed E-state index contributed by atoms with van der Waals surface area (Å²) in [6.07, 6.45) is -1.25. The third-order valence-corrected chi connectivity index (χ3v) is 0.973. The van der Waals surface area contributed by atoms with Gasteiger partial charge in [-0.2, -0.15) is 4.89 Å². The zero-order valence-corrected chi connectivity index (χ0v) is 7.70. The molecule has 0 radical (unpaired) electrons. The van der Waals surface area contributed by atoms with Gasteiger partial charge in [0.1, 0.15) is 0 Å². The van der Waals surface area contributed by atoms with Gasteiger partial charge in [0.2, 0.25) is 0 Å². The average molecular weight is 178 g/mol. The molecule has 5 heteroatoms. The van der Waals surface area contributed by atoms with Crippen molar-refractivity contribution in [3.63, 3.8) is 0 Å². The second-order valence-electron chi connectivity index (χ2n) is 2.30. The minimum absolute atomic E-state index is 0.135. The van der Waals surface area contributed by atoms with Gasteiger partial charge in [-0.05, 0) is 13.8 Å². The molecule has 0 aromatic carbocycles. The quantitative estimate of drug-likeness (QED) is 0.265. The average Bonchev–Trinajstić information content (AvgIpc) is 2.01. The molecule has 12 heavy (non-hydrogen) atoms. The van der Waals surface area contributed by atoms with E-state index in [0.717, 1.165) is 0 Å². The summed E-state index contributed by atoms with van der Waals surface area (Å²) in [5, 5.41) is 0. The summed E-state index contributed by atoms with van der Waals surface area (Å²) < 4.78 is 9.42. The molecule has 1 atom stereocenters. The van der Waals surface area contributed by atoms with Crippen molar-refractivity contribution in [1.82, 2.24) is 0 Å². The summed E-state index contributed by atoms with van der Waals surface area (Å²) in [4.78, 5) is 19.7. The van der Waals surface area contributed by atoms with Gasteiger partial charge in [0, 0.05) is 0 Å². The molecule has 0 aliphatic heterocycles. The van der Waals surface area contributed by atoms with Crippen LogP contribution >= 0.6 is 0 Å². The van der Waals surface area contributed by atoms with Crippen LogP contribution in [0.5, 0.6) is 0 Å². The third kappa shape index (κ3) is 4.27. The van der Waals surface area contributed by atoms with Gasteiger partial charge < -0.3 is 9.47 Å². The van der Waals surface area contributed by atoms with E-state index < -0.39 is 12.3 Å². The van der Waals surface area contributed by atoms with E-state index in [2.05, 4.69) is 14.5 Å². The highest BCUT2D eigenvalue weighted by Crippen LogP contribution is 2.01. The molecule has 0 bridgehead atoms. The number of carbonyl (C=O) groups is 1. The van der Waals surface area contributed by atoms with Crippen LogP contribution in [0.25, 0.3) is 0 Å². The number of hydrogen-bond donors (Lipinski definition) is 0. The Balaban J connectivity index is 3.94. The number of carbonyl (C=O) groups excluding carboxylic acids is 1. The first-order chi connectivity index (χ1) is 5.61. The van der Waals surface area contributed by atoms with Crippen molar-refractivity contribution >= 4 is 5.97 Å². The normalized spacial score (nSPS) is 13.1. The highest BCUT2D eigenvalue weighted by Gasteiger charge is 2.22. The molecule has 0 amide bonds. The van der Waals surface area contributed by atoms with Gasteiger partial charge in [-0.3, -0.25) is 0 Å². The van der Waals surface area contributed by atoms with E-state index in [4.69, 9.17) is 4.74 Å². The van der Waals surface area contributed by atoms with Gasteiger partial charge in [-0.1, -0.05) is 0 Å². The number of esters is 1. The highest BCUT2D eigenvalue weighted by molar-refractivity contribution is 5.72. The van der Waals surface area contributed by atoms with Gasteiger partial charge in [0.15, 0.2) is 0 Å². The van der Waals surface area contributed by atoms with Crippen LogP contribution in [-0.4, -0.2) is 32.6 Å². The molecule has 0 aromatic rings. The van der Waals surface area contributed by atoms with Crippen LogP contribution in [0.3, 0.4) is 0 Å². The Morgan fingerprint density at radius 3 is 2.17 bits per heavy atom. The molecule has 0 fully saturated rings. The standard InChI is InChI=1S/C7H14O5/c1-5(2)11-7(12-10-4)6(8)9-3/h5,7H,1-4H3. The monoisotopic (exact) mass is 178 g/mol. The Morgan fingerprint density at radius 2 is 1.83 bits per heavy atom. The van der Waals surface area contributed by atoms with Crippen molar-refractivity contribution in [3.05, 3.63) is 0 Å². The molecule has 5 nitrogen and oxygen atoms in total. The predicted octanol–water partition coefficient (Wildman–Crippen LogP) is 0.488. The second-order valence-corrected chi connectivity index (χ2v) is 2.30. The third-order valence-electron chi connectivity index (χ3n) is 0.973. The smallest absolute Gasteiger partial charge is 0.366 e. The molecule has 72 valence electrons. The predicted molar refractivity (Wildman–Crippen MR) is 40.1 cm³/mol.